The molecule has 2 saturated carbocycles. The Kier molecular flexibility index (Phi) is 5.68. The SMILES string of the molecule is CCSC1CCCC1NCC1CCC(C)CC1. The van der Waals surface area contributed by atoms with E-state index in [1.165, 1.54) is 57.2 Å². The Balaban J connectivity index is 1.67. The Morgan fingerprint density at radius 3 is 2.53 bits per heavy atom. The van der Waals surface area contributed by atoms with E-state index in [0.717, 1.165) is 23.1 Å². The Hall–Kier alpha value is 0.310. The maximum absolute atomic E-state index is 3.88. The molecule has 0 bridgehead atoms. The third-order valence-electron chi connectivity index (χ3n) is 4.64. The maximum Gasteiger partial charge on any atom is 0.0201 e. The first-order valence-electron chi connectivity index (χ1n) is 7.64. The summed E-state index contributed by atoms with van der Waals surface area (Å²) >= 11 is 2.17. The molecule has 2 unspecified atom stereocenters. The zero-order chi connectivity index (χ0) is 12.1. The first kappa shape index (κ1) is 13.7. The molecule has 0 aromatic carbocycles. The van der Waals surface area contributed by atoms with Crippen LogP contribution in [0, 0.1) is 11.8 Å². The summed E-state index contributed by atoms with van der Waals surface area (Å²) in [6.45, 7) is 6.00. The molecule has 2 fully saturated rings. The van der Waals surface area contributed by atoms with Crippen molar-refractivity contribution in [3.63, 3.8) is 0 Å². The number of hydrogen-bond donors (Lipinski definition) is 1. The fraction of sp³-hybridized carbons (Fsp3) is 1.00. The number of thioether (sulfide) groups is 1. The summed E-state index contributed by atoms with van der Waals surface area (Å²) in [7, 11) is 0. The minimum absolute atomic E-state index is 0.819. The third-order valence-corrected chi connectivity index (χ3v) is 5.96. The molecular formula is C15H29NS. The van der Waals surface area contributed by atoms with Gasteiger partial charge in [-0.3, -0.25) is 0 Å². The van der Waals surface area contributed by atoms with E-state index in [1.54, 1.807) is 0 Å². The molecule has 0 radical (unpaired) electrons. The summed E-state index contributed by atoms with van der Waals surface area (Å²) < 4.78 is 0. The summed E-state index contributed by atoms with van der Waals surface area (Å²) in [4.78, 5) is 0. The molecule has 0 heterocycles. The van der Waals surface area contributed by atoms with Crippen molar-refractivity contribution in [2.75, 3.05) is 12.3 Å². The molecule has 0 saturated heterocycles. The van der Waals surface area contributed by atoms with Crippen LogP contribution in [-0.2, 0) is 0 Å². The average Bonchev–Trinajstić information content (AvgIpc) is 2.77. The van der Waals surface area contributed by atoms with Crippen molar-refractivity contribution in [1.82, 2.24) is 5.32 Å². The molecule has 2 rings (SSSR count). The molecule has 100 valence electrons. The van der Waals surface area contributed by atoms with Crippen molar-refractivity contribution < 1.29 is 0 Å². The van der Waals surface area contributed by atoms with Crippen molar-refractivity contribution >= 4 is 11.8 Å². The van der Waals surface area contributed by atoms with Gasteiger partial charge < -0.3 is 5.32 Å². The Bertz CT molecular complexity index is 211. The Morgan fingerprint density at radius 1 is 1.06 bits per heavy atom. The molecule has 0 aromatic heterocycles. The first-order chi connectivity index (χ1) is 8.29. The van der Waals surface area contributed by atoms with Gasteiger partial charge in [0.15, 0.2) is 0 Å². The quantitative estimate of drug-likeness (QED) is 0.794. The zero-order valence-electron chi connectivity index (χ0n) is 11.6. The molecule has 1 N–H and O–H groups in total. The molecule has 1 nitrogen and oxygen atoms in total. The van der Waals surface area contributed by atoms with E-state index >= 15 is 0 Å². The number of nitrogens with one attached hydrogen (secondary N) is 1. The molecule has 0 aromatic rings. The van der Waals surface area contributed by atoms with Gasteiger partial charge in [0.05, 0.1) is 0 Å². The van der Waals surface area contributed by atoms with E-state index in [2.05, 4.69) is 30.9 Å². The highest BCUT2D eigenvalue weighted by molar-refractivity contribution is 7.99. The predicted molar refractivity (Wildman–Crippen MR) is 78.7 cm³/mol. The fourth-order valence-corrected chi connectivity index (χ4v) is 4.65. The van der Waals surface area contributed by atoms with Crippen LogP contribution in [0.1, 0.15) is 58.8 Å². The standard InChI is InChI=1S/C15H29NS/c1-3-17-15-6-4-5-14(15)16-11-13-9-7-12(2)8-10-13/h12-16H,3-11H2,1-2H3. The highest BCUT2D eigenvalue weighted by Gasteiger charge is 2.27. The average molecular weight is 255 g/mol. The Labute approximate surface area is 112 Å². The predicted octanol–water partition coefficient (Wildman–Crippen LogP) is 4.08. The number of rotatable bonds is 5. The van der Waals surface area contributed by atoms with Crippen LogP contribution in [0.3, 0.4) is 0 Å². The van der Waals surface area contributed by atoms with Crippen molar-refractivity contribution in [2.45, 2.75) is 70.1 Å². The van der Waals surface area contributed by atoms with Crippen molar-refractivity contribution in [1.29, 1.82) is 0 Å². The van der Waals surface area contributed by atoms with Gasteiger partial charge >= 0.3 is 0 Å². The summed E-state index contributed by atoms with van der Waals surface area (Å²) in [6.07, 6.45) is 10.2. The lowest BCUT2D eigenvalue weighted by molar-refractivity contribution is 0.274. The molecule has 2 heteroatoms. The third kappa shape index (κ3) is 4.17. The van der Waals surface area contributed by atoms with E-state index in [-0.39, 0.29) is 0 Å². The molecule has 0 aliphatic heterocycles. The lowest BCUT2D eigenvalue weighted by Gasteiger charge is -2.29. The fourth-order valence-electron chi connectivity index (χ4n) is 3.42. The van der Waals surface area contributed by atoms with Crippen LogP contribution in [0.5, 0.6) is 0 Å². The van der Waals surface area contributed by atoms with Gasteiger partial charge in [0.25, 0.3) is 0 Å². The highest BCUT2D eigenvalue weighted by atomic mass is 32.2. The summed E-state index contributed by atoms with van der Waals surface area (Å²) in [5.74, 6) is 3.24. The normalized spacial score (nSPS) is 38.5. The second-order valence-electron chi connectivity index (χ2n) is 6.07. The number of hydrogen-bond acceptors (Lipinski definition) is 2. The van der Waals surface area contributed by atoms with Gasteiger partial charge in [0.1, 0.15) is 0 Å². The van der Waals surface area contributed by atoms with Crippen LogP contribution in [0.25, 0.3) is 0 Å². The minimum Gasteiger partial charge on any atom is -0.313 e. The molecular weight excluding hydrogens is 226 g/mol. The topological polar surface area (TPSA) is 12.0 Å². The van der Waals surface area contributed by atoms with Crippen LogP contribution in [0.15, 0.2) is 0 Å². The molecule has 17 heavy (non-hydrogen) atoms. The van der Waals surface area contributed by atoms with Crippen LogP contribution < -0.4 is 5.32 Å². The smallest absolute Gasteiger partial charge is 0.0201 e. The first-order valence-corrected chi connectivity index (χ1v) is 8.69. The van der Waals surface area contributed by atoms with Gasteiger partial charge in [-0.25, -0.2) is 0 Å². The van der Waals surface area contributed by atoms with Gasteiger partial charge in [-0.2, -0.15) is 11.8 Å². The second kappa shape index (κ2) is 7.04. The molecule has 0 amide bonds. The van der Waals surface area contributed by atoms with Crippen molar-refractivity contribution in [3.05, 3.63) is 0 Å². The second-order valence-corrected chi connectivity index (χ2v) is 7.58. The van der Waals surface area contributed by atoms with E-state index in [0.29, 0.717) is 0 Å². The minimum atomic E-state index is 0.819. The van der Waals surface area contributed by atoms with E-state index in [1.807, 2.05) is 0 Å². The van der Waals surface area contributed by atoms with Gasteiger partial charge in [0.2, 0.25) is 0 Å². The van der Waals surface area contributed by atoms with Crippen molar-refractivity contribution in [3.8, 4) is 0 Å². The summed E-state index contributed by atoms with van der Waals surface area (Å²) in [6, 6.07) is 0.819. The van der Waals surface area contributed by atoms with Crippen molar-refractivity contribution in [2.24, 2.45) is 11.8 Å². The van der Waals surface area contributed by atoms with Crippen LogP contribution in [0.2, 0.25) is 0 Å². The highest BCUT2D eigenvalue weighted by Crippen LogP contribution is 2.31. The molecule has 2 aliphatic rings. The summed E-state index contributed by atoms with van der Waals surface area (Å²) in [5.41, 5.74) is 0. The van der Waals surface area contributed by atoms with E-state index in [4.69, 9.17) is 0 Å². The lowest BCUT2D eigenvalue weighted by Crippen LogP contribution is -2.38. The van der Waals surface area contributed by atoms with Crippen LogP contribution in [0.4, 0.5) is 0 Å². The van der Waals surface area contributed by atoms with E-state index < -0.39 is 0 Å². The molecule has 2 atom stereocenters. The van der Waals surface area contributed by atoms with Crippen LogP contribution in [-0.4, -0.2) is 23.6 Å². The van der Waals surface area contributed by atoms with Gasteiger partial charge in [0, 0.05) is 11.3 Å². The van der Waals surface area contributed by atoms with Crippen LogP contribution >= 0.6 is 11.8 Å². The monoisotopic (exact) mass is 255 g/mol. The van der Waals surface area contributed by atoms with Gasteiger partial charge in [-0.05, 0) is 49.8 Å². The summed E-state index contributed by atoms with van der Waals surface area (Å²) in [5, 5.41) is 4.79. The van der Waals surface area contributed by atoms with Gasteiger partial charge in [-0.15, -0.1) is 0 Å². The maximum atomic E-state index is 3.88. The molecule has 0 spiro atoms. The largest absolute Gasteiger partial charge is 0.313 e. The Morgan fingerprint density at radius 2 is 1.82 bits per heavy atom. The lowest BCUT2D eigenvalue weighted by atomic mass is 9.83. The molecule has 2 aliphatic carbocycles. The zero-order valence-corrected chi connectivity index (χ0v) is 12.4. The van der Waals surface area contributed by atoms with E-state index in [9.17, 15) is 0 Å². The van der Waals surface area contributed by atoms with Gasteiger partial charge in [-0.1, -0.05) is 33.1 Å².